The van der Waals surface area contributed by atoms with Crippen molar-refractivity contribution >= 4 is 38.9 Å². The first-order valence-corrected chi connectivity index (χ1v) is 8.27. The van der Waals surface area contributed by atoms with E-state index in [0.717, 1.165) is 16.2 Å². The summed E-state index contributed by atoms with van der Waals surface area (Å²) in [5.41, 5.74) is 2.10. The molecule has 0 aliphatic carbocycles. The molecule has 6 heteroatoms. The van der Waals surface area contributed by atoms with Crippen molar-refractivity contribution in [3.63, 3.8) is 0 Å². The molecule has 1 aliphatic rings. The molecule has 3 rings (SSSR count). The molecule has 2 heterocycles. The number of hydrogen-bond donors (Lipinski definition) is 1. The molecule has 0 fully saturated rings. The van der Waals surface area contributed by atoms with Crippen LogP contribution in [-0.4, -0.2) is 13.0 Å². The van der Waals surface area contributed by atoms with Crippen LogP contribution in [0.25, 0.3) is 0 Å². The lowest BCUT2D eigenvalue weighted by Gasteiger charge is -2.20. The zero-order valence-electron chi connectivity index (χ0n) is 11.3. The van der Waals surface area contributed by atoms with E-state index in [9.17, 15) is 9.18 Å². The van der Waals surface area contributed by atoms with Gasteiger partial charge in [0.2, 0.25) is 5.91 Å². The fourth-order valence-corrected chi connectivity index (χ4v) is 4.17. The van der Waals surface area contributed by atoms with Crippen molar-refractivity contribution in [1.82, 2.24) is 0 Å². The number of benzene rings is 1. The van der Waals surface area contributed by atoms with Crippen LogP contribution in [0.4, 0.5) is 10.1 Å². The monoisotopic (exact) mass is 369 g/mol. The summed E-state index contributed by atoms with van der Waals surface area (Å²) >= 11 is 5.07. The van der Waals surface area contributed by atoms with Gasteiger partial charge in [-0.3, -0.25) is 4.79 Å². The van der Waals surface area contributed by atoms with Gasteiger partial charge >= 0.3 is 0 Å². The molecule has 0 radical (unpaired) electrons. The van der Waals surface area contributed by atoms with E-state index in [4.69, 9.17) is 4.74 Å². The molecule has 0 bridgehead atoms. The minimum absolute atomic E-state index is 0.0648. The molecule has 1 aromatic carbocycles. The van der Waals surface area contributed by atoms with E-state index < -0.39 is 0 Å². The lowest BCUT2D eigenvalue weighted by molar-refractivity contribution is -0.116. The van der Waals surface area contributed by atoms with Crippen molar-refractivity contribution in [2.75, 3.05) is 12.4 Å². The van der Waals surface area contributed by atoms with Crippen LogP contribution in [0.5, 0.6) is 5.75 Å². The quantitative estimate of drug-likeness (QED) is 0.820. The Morgan fingerprint density at radius 2 is 2.24 bits per heavy atom. The van der Waals surface area contributed by atoms with Crippen molar-refractivity contribution in [2.24, 2.45) is 0 Å². The van der Waals surface area contributed by atoms with Gasteiger partial charge in [-0.05, 0) is 35.6 Å². The number of thiophene rings is 1. The number of aryl methyl sites for hydroxylation is 1. The molecule has 0 spiro atoms. The van der Waals surface area contributed by atoms with E-state index in [0.29, 0.717) is 24.1 Å². The Morgan fingerprint density at radius 3 is 3.00 bits per heavy atom. The topological polar surface area (TPSA) is 38.3 Å². The van der Waals surface area contributed by atoms with Crippen LogP contribution in [0, 0.1) is 5.82 Å². The van der Waals surface area contributed by atoms with Crippen LogP contribution in [0.1, 0.15) is 27.3 Å². The van der Waals surface area contributed by atoms with Crippen LogP contribution in [0.3, 0.4) is 0 Å². The summed E-state index contributed by atoms with van der Waals surface area (Å²) in [6, 6.07) is 5.09. The molecule has 2 aromatic rings. The number of hydrogen-bond acceptors (Lipinski definition) is 3. The summed E-state index contributed by atoms with van der Waals surface area (Å²) in [6.45, 7) is 0. The number of halogens is 2. The average Bonchev–Trinajstić information content (AvgIpc) is 2.94. The Morgan fingerprint density at radius 1 is 1.43 bits per heavy atom. The maximum Gasteiger partial charge on any atom is 0.224 e. The number of carbonyl (C=O) groups is 1. The van der Waals surface area contributed by atoms with Gasteiger partial charge in [-0.1, -0.05) is 15.9 Å². The summed E-state index contributed by atoms with van der Waals surface area (Å²) in [7, 11) is 1.60. The zero-order chi connectivity index (χ0) is 15.0. The number of rotatable bonds is 3. The summed E-state index contributed by atoms with van der Waals surface area (Å²) in [5, 5.41) is 4.62. The minimum Gasteiger partial charge on any atom is -0.496 e. The lowest BCUT2D eigenvalue weighted by atomic mass is 9.98. The van der Waals surface area contributed by atoms with Gasteiger partial charge in [-0.15, -0.1) is 11.3 Å². The fraction of sp³-hybridized carbons (Fsp3) is 0.267. The van der Waals surface area contributed by atoms with E-state index in [2.05, 4.69) is 21.2 Å². The molecule has 1 amide bonds. The Labute approximate surface area is 134 Å². The van der Waals surface area contributed by atoms with Gasteiger partial charge in [0.1, 0.15) is 11.6 Å². The van der Waals surface area contributed by atoms with Crippen molar-refractivity contribution < 1.29 is 13.9 Å². The second-order valence-electron chi connectivity index (χ2n) is 4.79. The van der Waals surface area contributed by atoms with Crippen LogP contribution in [-0.2, 0) is 11.2 Å². The van der Waals surface area contributed by atoms with Crippen molar-refractivity contribution in [1.29, 1.82) is 0 Å². The van der Waals surface area contributed by atoms with Crippen LogP contribution in [0.2, 0.25) is 0 Å². The molecule has 0 saturated heterocycles. The number of nitrogens with one attached hydrogen (secondary N) is 1. The first-order valence-electron chi connectivity index (χ1n) is 6.47. The van der Waals surface area contributed by atoms with Crippen LogP contribution in [0.15, 0.2) is 23.6 Å². The highest BCUT2D eigenvalue weighted by molar-refractivity contribution is 9.09. The Balaban J connectivity index is 2.01. The highest BCUT2D eigenvalue weighted by atomic mass is 79.9. The van der Waals surface area contributed by atoms with Gasteiger partial charge in [-0.25, -0.2) is 4.39 Å². The number of alkyl halides is 1. The smallest absolute Gasteiger partial charge is 0.224 e. The van der Waals surface area contributed by atoms with Crippen LogP contribution < -0.4 is 10.1 Å². The minimum atomic E-state index is -0.340. The van der Waals surface area contributed by atoms with Gasteiger partial charge in [-0.2, -0.15) is 0 Å². The number of anilines is 1. The molecule has 1 unspecified atom stereocenters. The molecule has 0 saturated carbocycles. The molecule has 110 valence electrons. The second-order valence-corrected chi connectivity index (χ2v) is 6.66. The summed E-state index contributed by atoms with van der Waals surface area (Å²) in [4.78, 5) is 12.0. The number of ether oxygens (including phenoxy) is 1. The standard InChI is InChI=1S/C15H13BrFNO2S/c1-20-12-4-5-21-15(12)14(16)9-6-8-2-3-13(19)18-11(8)7-10(9)17/h4-7,14H,2-3H2,1H3,(H,18,19). The largest absolute Gasteiger partial charge is 0.496 e. The predicted molar refractivity (Wildman–Crippen MR) is 85.0 cm³/mol. The third-order valence-electron chi connectivity index (χ3n) is 3.50. The number of amides is 1. The summed E-state index contributed by atoms with van der Waals surface area (Å²) in [5.74, 6) is 0.338. The van der Waals surface area contributed by atoms with Crippen molar-refractivity contribution in [2.45, 2.75) is 17.7 Å². The fourth-order valence-electron chi connectivity index (χ4n) is 2.42. The zero-order valence-corrected chi connectivity index (χ0v) is 13.7. The SMILES string of the molecule is COc1ccsc1C(Br)c1cc2c(cc1F)NC(=O)CC2. The Kier molecular flexibility index (Phi) is 3.99. The third-order valence-corrected chi connectivity index (χ3v) is 5.72. The molecule has 21 heavy (non-hydrogen) atoms. The molecule has 1 aromatic heterocycles. The van der Waals surface area contributed by atoms with E-state index in [1.807, 2.05) is 17.5 Å². The number of fused-ring (bicyclic) bond motifs is 1. The van der Waals surface area contributed by atoms with E-state index in [-0.39, 0.29) is 16.6 Å². The number of methoxy groups -OCH3 is 1. The Hall–Kier alpha value is -1.40. The second kappa shape index (κ2) is 5.77. The summed E-state index contributed by atoms with van der Waals surface area (Å²) in [6.07, 6.45) is 1.07. The van der Waals surface area contributed by atoms with Gasteiger partial charge in [0.15, 0.2) is 0 Å². The molecule has 1 aliphatic heterocycles. The van der Waals surface area contributed by atoms with E-state index in [1.54, 1.807) is 7.11 Å². The average molecular weight is 370 g/mol. The van der Waals surface area contributed by atoms with E-state index >= 15 is 0 Å². The van der Waals surface area contributed by atoms with Gasteiger partial charge in [0.25, 0.3) is 0 Å². The first kappa shape index (κ1) is 14.5. The van der Waals surface area contributed by atoms with Gasteiger partial charge in [0.05, 0.1) is 16.8 Å². The highest BCUT2D eigenvalue weighted by Gasteiger charge is 2.24. The predicted octanol–water partition coefficient (Wildman–Crippen LogP) is 4.26. The van der Waals surface area contributed by atoms with E-state index in [1.165, 1.54) is 17.4 Å². The molecule has 1 N–H and O–H groups in total. The molecule has 1 atom stereocenters. The normalized spacial score (nSPS) is 15.3. The van der Waals surface area contributed by atoms with Crippen LogP contribution >= 0.6 is 27.3 Å². The summed E-state index contributed by atoms with van der Waals surface area (Å²) < 4.78 is 19.7. The maximum atomic E-state index is 14.4. The van der Waals surface area contributed by atoms with Gasteiger partial charge in [0, 0.05) is 17.7 Å². The molecular weight excluding hydrogens is 357 g/mol. The maximum absolute atomic E-state index is 14.4. The highest BCUT2D eigenvalue weighted by Crippen LogP contribution is 2.42. The molecular formula is C15H13BrFNO2S. The third kappa shape index (κ3) is 2.70. The van der Waals surface area contributed by atoms with Crippen molar-refractivity contribution in [3.8, 4) is 5.75 Å². The lowest BCUT2D eigenvalue weighted by Crippen LogP contribution is -2.19. The molecule has 3 nitrogen and oxygen atoms in total. The Bertz CT molecular complexity index is 701. The first-order chi connectivity index (χ1) is 10.1. The number of carbonyl (C=O) groups excluding carboxylic acids is 1. The van der Waals surface area contributed by atoms with Gasteiger partial charge < -0.3 is 10.1 Å². The van der Waals surface area contributed by atoms with Crippen molar-refractivity contribution in [3.05, 3.63) is 45.4 Å².